The maximum atomic E-state index is 12.5. The van der Waals surface area contributed by atoms with Gasteiger partial charge in [-0.15, -0.1) is 0 Å². The van der Waals surface area contributed by atoms with Crippen LogP contribution in [0.25, 0.3) is 10.9 Å². The fourth-order valence-electron chi connectivity index (χ4n) is 3.22. The molecule has 0 saturated heterocycles. The number of aliphatic hydroxyl groups excluding tert-OH is 2. The predicted octanol–water partition coefficient (Wildman–Crippen LogP) is -2.96. The Morgan fingerprint density at radius 2 is 1.40 bits per heavy atom. The van der Waals surface area contributed by atoms with Gasteiger partial charge < -0.3 is 47.1 Å². The van der Waals surface area contributed by atoms with Gasteiger partial charge in [-0.25, -0.2) is 4.79 Å². The molecular weight excluding hydrogens is 466 g/mol. The molecule has 0 bridgehead atoms. The first kappa shape index (κ1) is 27.2. The first-order valence-electron chi connectivity index (χ1n) is 10.4. The number of hydrogen-bond acceptors (Lipinski definition) is 8. The van der Waals surface area contributed by atoms with Gasteiger partial charge in [-0.05, 0) is 18.1 Å². The second kappa shape index (κ2) is 12.5. The largest absolute Gasteiger partial charge is 0.481 e. The van der Waals surface area contributed by atoms with Gasteiger partial charge in [0.1, 0.15) is 18.1 Å². The van der Waals surface area contributed by atoms with E-state index < -0.39 is 73.5 Å². The molecule has 0 fully saturated rings. The van der Waals surface area contributed by atoms with E-state index >= 15 is 0 Å². The van der Waals surface area contributed by atoms with Crippen LogP contribution in [0.1, 0.15) is 12.0 Å². The molecule has 0 aliphatic carbocycles. The molecule has 0 radical (unpaired) electrons. The highest BCUT2D eigenvalue weighted by Gasteiger charge is 2.30. The molecule has 0 spiro atoms. The number of para-hydroxylation sites is 1. The third-order valence-corrected chi connectivity index (χ3v) is 5.08. The Balaban J connectivity index is 1.98. The normalized spacial score (nSPS) is 14.4. The summed E-state index contributed by atoms with van der Waals surface area (Å²) in [6.45, 7) is -1.84. The zero-order valence-electron chi connectivity index (χ0n) is 18.4. The lowest BCUT2D eigenvalue weighted by Crippen LogP contribution is -2.59. The van der Waals surface area contributed by atoms with E-state index in [2.05, 4.69) is 15.6 Å². The highest BCUT2D eigenvalue weighted by molar-refractivity contribution is 5.95. The monoisotopic (exact) mass is 493 g/mol. The highest BCUT2D eigenvalue weighted by atomic mass is 16.4. The molecule has 190 valence electrons. The van der Waals surface area contributed by atoms with Crippen molar-refractivity contribution in [2.45, 2.75) is 37.0 Å². The molecule has 2 rings (SSSR count). The summed E-state index contributed by atoms with van der Waals surface area (Å²) in [7, 11) is 0. The summed E-state index contributed by atoms with van der Waals surface area (Å²) in [6.07, 6.45) is 0.890. The molecule has 2 aromatic rings. The van der Waals surface area contributed by atoms with Crippen LogP contribution in [0.15, 0.2) is 30.5 Å². The lowest BCUT2D eigenvalue weighted by molar-refractivity contribution is -0.147. The van der Waals surface area contributed by atoms with Gasteiger partial charge in [-0.1, -0.05) is 18.2 Å². The molecule has 14 nitrogen and oxygen atoms in total. The lowest BCUT2D eigenvalue weighted by atomic mass is 10.0. The topological polar surface area (TPSA) is 244 Å². The third kappa shape index (κ3) is 7.49. The van der Waals surface area contributed by atoms with Gasteiger partial charge in [-0.3, -0.25) is 19.2 Å². The number of fused-ring (bicyclic) bond motifs is 1. The Morgan fingerprint density at radius 3 is 1.94 bits per heavy atom. The van der Waals surface area contributed by atoms with Crippen molar-refractivity contribution in [3.8, 4) is 0 Å². The van der Waals surface area contributed by atoms with Gasteiger partial charge in [0.15, 0.2) is 0 Å². The number of aromatic nitrogens is 1. The second-order valence-corrected chi connectivity index (χ2v) is 7.65. The quantitative estimate of drug-likeness (QED) is 0.137. The van der Waals surface area contributed by atoms with E-state index in [0.717, 1.165) is 16.5 Å². The smallest absolute Gasteiger partial charge is 0.326 e. The van der Waals surface area contributed by atoms with Crippen molar-refractivity contribution < 1.29 is 44.4 Å². The van der Waals surface area contributed by atoms with Crippen LogP contribution in [-0.4, -0.2) is 92.5 Å². The van der Waals surface area contributed by atoms with Crippen molar-refractivity contribution in [2.24, 2.45) is 5.73 Å². The molecule has 4 unspecified atom stereocenters. The number of carboxylic acid groups (broad SMARTS) is 2. The fourth-order valence-corrected chi connectivity index (χ4v) is 3.22. The van der Waals surface area contributed by atoms with Gasteiger partial charge in [-0.2, -0.15) is 0 Å². The zero-order valence-corrected chi connectivity index (χ0v) is 18.4. The Kier molecular flexibility index (Phi) is 9.69. The van der Waals surface area contributed by atoms with E-state index in [1.54, 1.807) is 6.20 Å². The number of carbonyl (C=O) groups is 5. The van der Waals surface area contributed by atoms with Crippen LogP contribution in [0.3, 0.4) is 0 Å². The van der Waals surface area contributed by atoms with Crippen LogP contribution in [-0.2, 0) is 30.4 Å². The highest BCUT2D eigenvalue weighted by Crippen LogP contribution is 2.18. The summed E-state index contributed by atoms with van der Waals surface area (Å²) in [5, 5.41) is 43.8. The molecule has 4 atom stereocenters. The molecule has 35 heavy (non-hydrogen) atoms. The minimum absolute atomic E-state index is 0.122. The van der Waals surface area contributed by atoms with Crippen molar-refractivity contribution in [2.75, 3.05) is 13.2 Å². The summed E-state index contributed by atoms with van der Waals surface area (Å²) < 4.78 is 0. The molecule has 1 aromatic heterocycles. The number of H-pyrrole nitrogens is 1. The average molecular weight is 493 g/mol. The molecule has 3 amide bonds. The van der Waals surface area contributed by atoms with Crippen LogP contribution >= 0.6 is 0 Å². The third-order valence-electron chi connectivity index (χ3n) is 5.08. The summed E-state index contributed by atoms with van der Waals surface area (Å²) in [4.78, 5) is 62.1. The molecule has 14 heteroatoms. The summed E-state index contributed by atoms with van der Waals surface area (Å²) in [5.41, 5.74) is 7.57. The first-order chi connectivity index (χ1) is 16.6. The van der Waals surface area contributed by atoms with Crippen LogP contribution in [0, 0.1) is 0 Å². The van der Waals surface area contributed by atoms with E-state index in [1.165, 1.54) is 0 Å². The Bertz CT molecular complexity index is 1090. The number of rotatable bonds is 13. The van der Waals surface area contributed by atoms with E-state index in [0.29, 0.717) is 0 Å². The molecular formula is C21H27N5O9. The summed E-state index contributed by atoms with van der Waals surface area (Å²) in [6, 6.07) is 1.27. The molecule has 0 aliphatic heterocycles. The Labute approximate surface area is 198 Å². The minimum Gasteiger partial charge on any atom is -0.481 e. The van der Waals surface area contributed by atoms with E-state index in [-0.39, 0.29) is 6.42 Å². The molecule has 1 heterocycles. The standard InChI is InChI=1S/C21H27N5O9/c22-12(5-10-7-23-13-4-2-1-3-11(10)13)18(31)25-15(8-27)20(33)26-16(9-28)19(32)24-14(21(34)35)6-17(29)30/h1-4,7,12,14-16,23,27-28H,5-6,8-9,22H2,(H,24,32)(H,25,31)(H,26,33)(H,29,30)(H,34,35). The lowest BCUT2D eigenvalue weighted by Gasteiger charge is -2.23. The Morgan fingerprint density at radius 1 is 0.857 bits per heavy atom. The Hall–Kier alpha value is -4.01. The fraction of sp³-hybridized carbons (Fsp3) is 0.381. The first-order valence-corrected chi connectivity index (χ1v) is 10.4. The number of benzene rings is 1. The minimum atomic E-state index is -1.80. The zero-order chi connectivity index (χ0) is 26.1. The van der Waals surface area contributed by atoms with Gasteiger partial charge in [0.25, 0.3) is 0 Å². The maximum Gasteiger partial charge on any atom is 0.326 e. The summed E-state index contributed by atoms with van der Waals surface area (Å²) in [5.74, 6) is -6.11. The van der Waals surface area contributed by atoms with Crippen LogP contribution < -0.4 is 21.7 Å². The molecule has 10 N–H and O–H groups in total. The average Bonchev–Trinajstić information content (AvgIpc) is 3.22. The summed E-state index contributed by atoms with van der Waals surface area (Å²) >= 11 is 0. The SMILES string of the molecule is NC(Cc1c[nH]c2ccccc12)C(=O)NC(CO)C(=O)NC(CO)C(=O)NC(CC(=O)O)C(=O)O. The van der Waals surface area contributed by atoms with Crippen LogP contribution in [0.2, 0.25) is 0 Å². The second-order valence-electron chi connectivity index (χ2n) is 7.65. The number of nitrogens with one attached hydrogen (secondary N) is 4. The van der Waals surface area contributed by atoms with Gasteiger partial charge >= 0.3 is 11.9 Å². The van der Waals surface area contributed by atoms with Crippen LogP contribution in [0.5, 0.6) is 0 Å². The number of hydrogen-bond donors (Lipinski definition) is 9. The predicted molar refractivity (Wildman–Crippen MR) is 120 cm³/mol. The molecule has 0 aliphatic rings. The number of aromatic amines is 1. The van der Waals surface area contributed by atoms with Crippen molar-refractivity contribution in [3.05, 3.63) is 36.0 Å². The number of aliphatic hydroxyl groups is 2. The van der Waals surface area contributed by atoms with E-state index in [1.807, 2.05) is 29.6 Å². The van der Waals surface area contributed by atoms with Crippen molar-refractivity contribution in [1.29, 1.82) is 0 Å². The molecule has 1 aromatic carbocycles. The number of amides is 3. The van der Waals surface area contributed by atoms with Crippen molar-refractivity contribution >= 4 is 40.6 Å². The number of nitrogens with two attached hydrogens (primary N) is 1. The van der Waals surface area contributed by atoms with Crippen molar-refractivity contribution in [1.82, 2.24) is 20.9 Å². The van der Waals surface area contributed by atoms with Gasteiger partial charge in [0, 0.05) is 17.1 Å². The van der Waals surface area contributed by atoms with E-state index in [4.69, 9.17) is 15.9 Å². The van der Waals surface area contributed by atoms with Crippen molar-refractivity contribution in [3.63, 3.8) is 0 Å². The molecule has 0 saturated carbocycles. The van der Waals surface area contributed by atoms with Gasteiger partial charge in [0.2, 0.25) is 17.7 Å². The maximum absolute atomic E-state index is 12.5. The van der Waals surface area contributed by atoms with Gasteiger partial charge in [0.05, 0.1) is 25.7 Å². The number of carboxylic acids is 2. The number of carbonyl (C=O) groups excluding carboxylic acids is 3. The van der Waals surface area contributed by atoms with E-state index in [9.17, 15) is 34.2 Å². The number of aliphatic carboxylic acids is 2. The van der Waals surface area contributed by atoms with Crippen LogP contribution in [0.4, 0.5) is 0 Å².